The Bertz CT molecular complexity index is 464. The third kappa shape index (κ3) is 4.01. The van der Waals surface area contributed by atoms with Gasteiger partial charge in [-0.15, -0.1) is 0 Å². The van der Waals surface area contributed by atoms with Gasteiger partial charge in [0.25, 0.3) is 0 Å². The summed E-state index contributed by atoms with van der Waals surface area (Å²) in [6.07, 6.45) is 2.42. The molecular weight excluding hydrogens is 270 g/mol. The summed E-state index contributed by atoms with van der Waals surface area (Å²) < 4.78 is 27.6. The van der Waals surface area contributed by atoms with Gasteiger partial charge >= 0.3 is 0 Å². The van der Waals surface area contributed by atoms with Crippen molar-refractivity contribution in [2.75, 3.05) is 19.6 Å². The largest absolute Gasteiger partial charge is 0.309 e. The molecule has 1 fully saturated rings. The summed E-state index contributed by atoms with van der Waals surface area (Å²) in [7, 11) is 0. The first kappa shape index (κ1) is 16.4. The van der Waals surface area contributed by atoms with E-state index in [1.165, 1.54) is 18.9 Å². The Balaban J connectivity index is 2.16. The maximum atomic E-state index is 14.1. The molecule has 118 valence electrons. The number of piperidine rings is 1. The van der Waals surface area contributed by atoms with Gasteiger partial charge in [-0.3, -0.25) is 4.90 Å². The molecule has 1 aliphatic heterocycles. The van der Waals surface area contributed by atoms with Crippen LogP contribution in [0.2, 0.25) is 0 Å². The highest BCUT2D eigenvalue weighted by Gasteiger charge is 2.27. The van der Waals surface area contributed by atoms with Crippen LogP contribution in [0.4, 0.5) is 8.78 Å². The summed E-state index contributed by atoms with van der Waals surface area (Å²) >= 11 is 0. The summed E-state index contributed by atoms with van der Waals surface area (Å²) in [5.41, 5.74) is 0.433. The van der Waals surface area contributed by atoms with Crippen molar-refractivity contribution in [1.29, 1.82) is 0 Å². The quantitative estimate of drug-likeness (QED) is 0.890. The van der Waals surface area contributed by atoms with Gasteiger partial charge in [0, 0.05) is 30.7 Å². The number of likely N-dealkylation sites (N-methyl/N-ethyl adjacent to an activating group) is 1. The zero-order valence-electron chi connectivity index (χ0n) is 13.2. The highest BCUT2D eigenvalue weighted by atomic mass is 19.2. The number of nitrogens with one attached hydrogen (secondary N) is 1. The normalized spacial score (nSPS) is 25.0. The van der Waals surface area contributed by atoms with Crippen LogP contribution in [0.5, 0.6) is 0 Å². The van der Waals surface area contributed by atoms with Crippen LogP contribution in [-0.2, 0) is 0 Å². The Hall–Kier alpha value is -1.00. The number of nitrogens with zero attached hydrogens (tertiary/aromatic N) is 1. The monoisotopic (exact) mass is 296 g/mol. The zero-order chi connectivity index (χ0) is 15.4. The van der Waals surface area contributed by atoms with Crippen molar-refractivity contribution in [3.63, 3.8) is 0 Å². The van der Waals surface area contributed by atoms with Crippen LogP contribution < -0.4 is 5.32 Å². The molecule has 0 radical (unpaired) electrons. The topological polar surface area (TPSA) is 15.3 Å². The van der Waals surface area contributed by atoms with E-state index in [1.54, 1.807) is 12.1 Å². The molecule has 0 aromatic heterocycles. The van der Waals surface area contributed by atoms with Crippen molar-refractivity contribution >= 4 is 0 Å². The number of benzene rings is 1. The van der Waals surface area contributed by atoms with Crippen LogP contribution in [0.1, 0.15) is 45.2 Å². The molecule has 1 heterocycles. The number of hydrogen-bond acceptors (Lipinski definition) is 2. The van der Waals surface area contributed by atoms with Crippen LogP contribution in [0, 0.1) is 17.6 Å². The molecule has 3 unspecified atom stereocenters. The van der Waals surface area contributed by atoms with Gasteiger partial charge in [0.05, 0.1) is 0 Å². The van der Waals surface area contributed by atoms with E-state index in [2.05, 4.69) is 24.1 Å². The summed E-state index contributed by atoms with van der Waals surface area (Å²) in [5, 5.41) is 3.30. The van der Waals surface area contributed by atoms with Gasteiger partial charge in [0.1, 0.15) is 0 Å². The molecule has 0 saturated carbocycles. The highest BCUT2D eigenvalue weighted by Crippen LogP contribution is 2.26. The molecule has 2 rings (SSSR count). The smallest absolute Gasteiger partial charge is 0.163 e. The standard InChI is InChI=1S/C17H26F2N2/c1-4-20-16(14-6-5-7-15(18)17(14)19)11-21-10-12(2)8-9-13(21)3/h5-7,12-13,16,20H,4,8-11H2,1-3H3. The fourth-order valence-corrected chi connectivity index (χ4v) is 3.18. The molecule has 1 saturated heterocycles. The van der Waals surface area contributed by atoms with E-state index in [-0.39, 0.29) is 6.04 Å². The first-order valence-electron chi connectivity index (χ1n) is 7.94. The highest BCUT2D eigenvalue weighted by molar-refractivity contribution is 5.23. The van der Waals surface area contributed by atoms with Gasteiger partial charge in [-0.1, -0.05) is 26.0 Å². The molecule has 21 heavy (non-hydrogen) atoms. The Kier molecular flexibility index (Phi) is 5.71. The summed E-state index contributed by atoms with van der Waals surface area (Å²) in [5.74, 6) is -0.822. The fraction of sp³-hybridized carbons (Fsp3) is 0.647. The van der Waals surface area contributed by atoms with Gasteiger partial charge in [0.15, 0.2) is 11.6 Å². The van der Waals surface area contributed by atoms with Crippen LogP contribution in [-0.4, -0.2) is 30.6 Å². The maximum Gasteiger partial charge on any atom is 0.163 e. The third-order valence-corrected chi connectivity index (χ3v) is 4.47. The number of rotatable bonds is 5. The van der Waals surface area contributed by atoms with Crippen molar-refractivity contribution in [2.24, 2.45) is 5.92 Å². The lowest BCUT2D eigenvalue weighted by atomic mass is 9.93. The minimum Gasteiger partial charge on any atom is -0.309 e. The summed E-state index contributed by atoms with van der Waals surface area (Å²) in [6, 6.07) is 4.77. The lowest BCUT2D eigenvalue weighted by molar-refractivity contribution is 0.111. The van der Waals surface area contributed by atoms with E-state index in [0.717, 1.165) is 19.6 Å². The average Bonchev–Trinajstić information content (AvgIpc) is 2.45. The molecule has 2 nitrogen and oxygen atoms in total. The molecule has 0 amide bonds. The summed E-state index contributed by atoms with van der Waals surface area (Å²) in [4.78, 5) is 2.39. The number of halogens is 2. The predicted octanol–water partition coefficient (Wildman–Crippen LogP) is 3.74. The molecule has 0 bridgehead atoms. The Labute approximate surface area is 126 Å². The van der Waals surface area contributed by atoms with Crippen LogP contribution >= 0.6 is 0 Å². The van der Waals surface area contributed by atoms with Crippen LogP contribution in [0.3, 0.4) is 0 Å². The van der Waals surface area contributed by atoms with E-state index in [0.29, 0.717) is 17.5 Å². The van der Waals surface area contributed by atoms with Crippen molar-refractivity contribution in [1.82, 2.24) is 10.2 Å². The van der Waals surface area contributed by atoms with E-state index >= 15 is 0 Å². The second kappa shape index (κ2) is 7.32. The molecule has 0 spiro atoms. The lowest BCUT2D eigenvalue weighted by Crippen LogP contribution is -2.45. The minimum absolute atomic E-state index is 0.168. The van der Waals surface area contributed by atoms with Crippen molar-refractivity contribution in [3.05, 3.63) is 35.4 Å². The third-order valence-electron chi connectivity index (χ3n) is 4.47. The first-order chi connectivity index (χ1) is 10.0. The van der Waals surface area contributed by atoms with Crippen molar-refractivity contribution < 1.29 is 8.78 Å². The summed E-state index contributed by atoms with van der Waals surface area (Å²) in [6.45, 7) is 8.95. The molecule has 1 aromatic carbocycles. The van der Waals surface area contributed by atoms with E-state index < -0.39 is 11.6 Å². The van der Waals surface area contributed by atoms with E-state index in [4.69, 9.17) is 0 Å². The number of hydrogen-bond donors (Lipinski definition) is 1. The average molecular weight is 296 g/mol. The molecule has 1 N–H and O–H groups in total. The maximum absolute atomic E-state index is 14.1. The second-order valence-corrected chi connectivity index (χ2v) is 6.24. The van der Waals surface area contributed by atoms with Gasteiger partial charge in [-0.05, 0) is 38.3 Å². The molecular formula is C17H26F2N2. The zero-order valence-corrected chi connectivity index (χ0v) is 13.2. The molecule has 1 aliphatic rings. The van der Waals surface area contributed by atoms with Crippen molar-refractivity contribution in [3.8, 4) is 0 Å². The van der Waals surface area contributed by atoms with E-state index in [1.807, 2.05) is 6.92 Å². The fourth-order valence-electron chi connectivity index (χ4n) is 3.18. The van der Waals surface area contributed by atoms with Gasteiger partial charge in [0.2, 0.25) is 0 Å². The minimum atomic E-state index is -0.768. The second-order valence-electron chi connectivity index (χ2n) is 6.24. The lowest BCUT2D eigenvalue weighted by Gasteiger charge is -2.39. The van der Waals surface area contributed by atoms with Crippen LogP contribution in [0.25, 0.3) is 0 Å². The Morgan fingerprint density at radius 2 is 2.05 bits per heavy atom. The molecule has 4 heteroatoms. The van der Waals surface area contributed by atoms with E-state index in [9.17, 15) is 8.78 Å². The Morgan fingerprint density at radius 3 is 2.76 bits per heavy atom. The molecule has 1 aromatic rings. The van der Waals surface area contributed by atoms with Gasteiger partial charge in [-0.2, -0.15) is 0 Å². The Morgan fingerprint density at radius 1 is 1.29 bits per heavy atom. The van der Waals surface area contributed by atoms with Crippen LogP contribution in [0.15, 0.2) is 18.2 Å². The van der Waals surface area contributed by atoms with Crippen molar-refractivity contribution in [2.45, 2.75) is 45.7 Å². The SMILES string of the molecule is CCNC(CN1CC(C)CCC1C)c1cccc(F)c1F. The van der Waals surface area contributed by atoms with Gasteiger partial charge in [-0.25, -0.2) is 8.78 Å². The number of likely N-dealkylation sites (tertiary alicyclic amines) is 1. The molecule has 3 atom stereocenters. The first-order valence-corrected chi connectivity index (χ1v) is 7.94. The molecule has 0 aliphatic carbocycles. The predicted molar refractivity (Wildman–Crippen MR) is 82.2 cm³/mol. The van der Waals surface area contributed by atoms with Gasteiger partial charge < -0.3 is 5.32 Å².